The van der Waals surface area contributed by atoms with Gasteiger partial charge < -0.3 is 21.7 Å². The molecular formula is C13H21N5O2S. The molecule has 0 aliphatic heterocycles. The largest absolute Gasteiger partial charge is 0.382 e. The highest BCUT2D eigenvalue weighted by Crippen LogP contribution is 2.30. The van der Waals surface area contributed by atoms with Crippen LogP contribution < -0.4 is 21.7 Å². The number of aromatic nitrogens is 1. The summed E-state index contributed by atoms with van der Waals surface area (Å²) in [7, 11) is 1.57. The fourth-order valence-electron chi connectivity index (χ4n) is 1.76. The molecule has 1 aromatic rings. The highest BCUT2D eigenvalue weighted by Gasteiger charge is 2.28. The number of carbonyl (C=O) groups is 2. The molecule has 0 radical (unpaired) electrons. The molecule has 0 aromatic carbocycles. The topological polar surface area (TPSA) is 109 Å². The van der Waals surface area contributed by atoms with Crippen LogP contribution in [0.1, 0.15) is 36.4 Å². The third kappa shape index (κ3) is 3.84. The van der Waals surface area contributed by atoms with Crippen LogP contribution in [0, 0.1) is 5.41 Å². The Bertz CT molecular complexity index is 551. The number of amides is 2. The predicted octanol–water partition coefficient (Wildman–Crippen LogP) is 0.802. The molecule has 21 heavy (non-hydrogen) atoms. The first-order valence-corrected chi connectivity index (χ1v) is 7.68. The van der Waals surface area contributed by atoms with E-state index in [0.29, 0.717) is 16.1 Å². The summed E-state index contributed by atoms with van der Waals surface area (Å²) in [6.45, 7) is 3.76. The molecular weight excluding hydrogens is 290 g/mol. The zero-order chi connectivity index (χ0) is 15.6. The van der Waals surface area contributed by atoms with Crippen molar-refractivity contribution in [2.75, 3.05) is 24.6 Å². The lowest BCUT2D eigenvalue weighted by atomic mass is 9.92. The van der Waals surface area contributed by atoms with Crippen molar-refractivity contribution in [1.29, 1.82) is 0 Å². The van der Waals surface area contributed by atoms with Gasteiger partial charge in [-0.15, -0.1) is 0 Å². The van der Waals surface area contributed by atoms with Crippen molar-refractivity contribution in [2.24, 2.45) is 5.41 Å². The highest BCUT2D eigenvalue weighted by atomic mass is 32.1. The van der Waals surface area contributed by atoms with Gasteiger partial charge in [0.25, 0.3) is 5.91 Å². The summed E-state index contributed by atoms with van der Waals surface area (Å²) in [6, 6.07) is 0.457. The summed E-state index contributed by atoms with van der Waals surface area (Å²) >= 11 is 1.24. The summed E-state index contributed by atoms with van der Waals surface area (Å²) in [5.41, 5.74) is 5.10. The first-order chi connectivity index (χ1) is 9.83. The van der Waals surface area contributed by atoms with E-state index in [1.165, 1.54) is 11.3 Å². The second-order valence-electron chi connectivity index (χ2n) is 5.80. The minimum Gasteiger partial charge on any atom is -0.382 e. The number of nitrogens with one attached hydrogen (secondary N) is 3. The third-order valence-corrected chi connectivity index (χ3v) is 4.30. The summed E-state index contributed by atoms with van der Waals surface area (Å²) in [5.74, 6) is -0.208. The molecule has 0 saturated heterocycles. The van der Waals surface area contributed by atoms with Crippen molar-refractivity contribution >= 4 is 34.1 Å². The van der Waals surface area contributed by atoms with E-state index in [-0.39, 0.29) is 24.2 Å². The van der Waals surface area contributed by atoms with E-state index in [9.17, 15) is 9.59 Å². The van der Waals surface area contributed by atoms with Crippen molar-refractivity contribution in [3.8, 4) is 0 Å². The van der Waals surface area contributed by atoms with Crippen LogP contribution in [0.2, 0.25) is 0 Å². The van der Waals surface area contributed by atoms with Crippen LogP contribution in [0.3, 0.4) is 0 Å². The molecule has 7 nitrogen and oxygen atoms in total. The molecule has 0 bridgehead atoms. The first-order valence-electron chi connectivity index (χ1n) is 6.86. The number of thiazole rings is 1. The number of nitrogens with two attached hydrogens (primary N) is 1. The zero-order valence-electron chi connectivity index (χ0n) is 12.4. The van der Waals surface area contributed by atoms with E-state index in [0.717, 1.165) is 12.8 Å². The Morgan fingerprint density at radius 1 is 1.43 bits per heavy atom. The van der Waals surface area contributed by atoms with Crippen molar-refractivity contribution in [2.45, 2.75) is 32.7 Å². The van der Waals surface area contributed by atoms with Crippen LogP contribution in [0.4, 0.5) is 10.9 Å². The van der Waals surface area contributed by atoms with Gasteiger partial charge >= 0.3 is 0 Å². The van der Waals surface area contributed by atoms with E-state index in [1.807, 2.05) is 0 Å². The number of nitrogens with zero attached hydrogens (tertiary/aromatic N) is 1. The smallest absolute Gasteiger partial charge is 0.265 e. The van der Waals surface area contributed by atoms with Crippen molar-refractivity contribution in [3.63, 3.8) is 0 Å². The van der Waals surface area contributed by atoms with Gasteiger partial charge in [0.1, 0.15) is 10.7 Å². The Labute approximate surface area is 127 Å². The maximum Gasteiger partial charge on any atom is 0.265 e. The molecule has 1 aliphatic carbocycles. The monoisotopic (exact) mass is 311 g/mol. The van der Waals surface area contributed by atoms with Gasteiger partial charge in [-0.05, 0) is 26.7 Å². The van der Waals surface area contributed by atoms with Gasteiger partial charge in [-0.25, -0.2) is 4.98 Å². The van der Waals surface area contributed by atoms with E-state index in [4.69, 9.17) is 5.73 Å². The Kier molecular flexibility index (Phi) is 4.36. The van der Waals surface area contributed by atoms with Crippen LogP contribution in [-0.2, 0) is 4.79 Å². The second kappa shape index (κ2) is 5.88. The number of nitrogen functional groups attached to an aromatic ring is 1. The maximum atomic E-state index is 12.2. The molecule has 1 aliphatic rings. The molecule has 0 atom stereocenters. The van der Waals surface area contributed by atoms with E-state index >= 15 is 0 Å². The third-order valence-electron chi connectivity index (χ3n) is 3.30. The quantitative estimate of drug-likeness (QED) is 0.621. The van der Waals surface area contributed by atoms with Crippen molar-refractivity contribution < 1.29 is 9.59 Å². The van der Waals surface area contributed by atoms with E-state index < -0.39 is 5.41 Å². The number of carbonyl (C=O) groups excluding carboxylic acids is 2. The van der Waals surface area contributed by atoms with Crippen LogP contribution in [0.25, 0.3) is 0 Å². The van der Waals surface area contributed by atoms with Gasteiger partial charge in [0.2, 0.25) is 5.91 Å². The molecule has 1 heterocycles. The predicted molar refractivity (Wildman–Crippen MR) is 83.4 cm³/mol. The van der Waals surface area contributed by atoms with E-state index in [2.05, 4.69) is 20.9 Å². The number of rotatable bonds is 6. The highest BCUT2D eigenvalue weighted by molar-refractivity contribution is 7.18. The van der Waals surface area contributed by atoms with Gasteiger partial charge in [-0.3, -0.25) is 9.59 Å². The standard InChI is InChI=1S/C13H21N5O2S/c1-13(2,11(20)15-3)6-16-10(19)8-9(14)18-12(21-8)17-7-4-5-7/h7H,4-6,14H2,1-3H3,(H,15,20)(H,16,19)(H,17,18). The molecule has 0 unspecified atom stereocenters. The lowest BCUT2D eigenvalue weighted by Gasteiger charge is -2.22. The molecule has 2 amide bonds. The minimum atomic E-state index is -0.682. The van der Waals surface area contributed by atoms with Crippen molar-refractivity contribution in [3.05, 3.63) is 4.88 Å². The summed E-state index contributed by atoms with van der Waals surface area (Å²) < 4.78 is 0. The first kappa shape index (κ1) is 15.6. The molecule has 2 rings (SSSR count). The Morgan fingerprint density at radius 3 is 2.67 bits per heavy atom. The average molecular weight is 311 g/mol. The summed E-state index contributed by atoms with van der Waals surface area (Å²) in [4.78, 5) is 28.4. The number of anilines is 2. The molecule has 1 fully saturated rings. The molecule has 5 N–H and O–H groups in total. The molecule has 1 saturated carbocycles. The van der Waals surface area contributed by atoms with Crippen LogP contribution in [0.5, 0.6) is 0 Å². The Balaban J connectivity index is 1.96. The van der Waals surface area contributed by atoms with Crippen molar-refractivity contribution in [1.82, 2.24) is 15.6 Å². The molecule has 0 spiro atoms. The molecule has 116 valence electrons. The van der Waals surface area contributed by atoms with Gasteiger partial charge in [-0.2, -0.15) is 0 Å². The zero-order valence-corrected chi connectivity index (χ0v) is 13.3. The van der Waals surface area contributed by atoms with E-state index in [1.54, 1.807) is 20.9 Å². The number of hydrogen-bond donors (Lipinski definition) is 4. The molecule has 1 aromatic heterocycles. The molecule has 8 heteroatoms. The maximum absolute atomic E-state index is 12.2. The average Bonchev–Trinajstić information content (AvgIpc) is 3.17. The fourth-order valence-corrected chi connectivity index (χ4v) is 2.64. The van der Waals surface area contributed by atoms with Gasteiger partial charge in [-0.1, -0.05) is 11.3 Å². The van der Waals surface area contributed by atoms with Gasteiger partial charge in [0.15, 0.2) is 5.13 Å². The minimum absolute atomic E-state index is 0.129. The Hall–Kier alpha value is -1.83. The summed E-state index contributed by atoms with van der Waals surface area (Å²) in [5, 5.41) is 9.21. The van der Waals surface area contributed by atoms with Crippen LogP contribution >= 0.6 is 11.3 Å². The van der Waals surface area contributed by atoms with Crippen LogP contribution in [-0.4, -0.2) is 36.4 Å². The lowest BCUT2D eigenvalue weighted by Crippen LogP contribution is -2.43. The van der Waals surface area contributed by atoms with Gasteiger partial charge in [0, 0.05) is 19.6 Å². The van der Waals surface area contributed by atoms with Crippen LogP contribution in [0.15, 0.2) is 0 Å². The summed E-state index contributed by atoms with van der Waals surface area (Å²) in [6.07, 6.45) is 2.25. The fraction of sp³-hybridized carbons (Fsp3) is 0.615. The number of hydrogen-bond acceptors (Lipinski definition) is 6. The Morgan fingerprint density at radius 2 is 2.10 bits per heavy atom. The normalized spacial score (nSPS) is 14.6. The lowest BCUT2D eigenvalue weighted by molar-refractivity contribution is -0.128. The van der Waals surface area contributed by atoms with Gasteiger partial charge in [0.05, 0.1) is 5.41 Å². The SMILES string of the molecule is CNC(=O)C(C)(C)CNC(=O)c1sc(NC2CC2)nc1N. The second-order valence-corrected chi connectivity index (χ2v) is 6.80.